The number of carboxylic acid groups (broad SMARTS) is 1. The molecular formula is C18H25NO2. The molecule has 3 heteroatoms. The van der Waals surface area contributed by atoms with Crippen LogP contribution in [0.15, 0.2) is 18.2 Å². The highest BCUT2D eigenvalue weighted by atomic mass is 16.4. The van der Waals surface area contributed by atoms with Crippen molar-refractivity contribution in [2.24, 2.45) is 5.92 Å². The van der Waals surface area contributed by atoms with Crippen molar-refractivity contribution in [3.8, 4) is 0 Å². The molecule has 0 aromatic heterocycles. The molecule has 0 amide bonds. The number of hydrogen-bond acceptors (Lipinski definition) is 2. The largest absolute Gasteiger partial charge is 0.481 e. The zero-order valence-electron chi connectivity index (χ0n) is 13.0. The Kier molecular flexibility index (Phi) is 4.03. The van der Waals surface area contributed by atoms with Gasteiger partial charge < -0.3 is 5.11 Å². The van der Waals surface area contributed by atoms with Crippen molar-refractivity contribution in [2.75, 3.05) is 0 Å². The Morgan fingerprint density at radius 3 is 2.24 bits per heavy atom. The first-order chi connectivity index (χ1) is 10.0. The summed E-state index contributed by atoms with van der Waals surface area (Å²) < 4.78 is 0. The van der Waals surface area contributed by atoms with Gasteiger partial charge in [0.1, 0.15) is 0 Å². The van der Waals surface area contributed by atoms with Crippen LogP contribution in [-0.2, 0) is 11.3 Å². The number of aryl methyl sites for hydroxylation is 2. The van der Waals surface area contributed by atoms with Gasteiger partial charge in [-0.25, -0.2) is 0 Å². The van der Waals surface area contributed by atoms with Gasteiger partial charge in [-0.2, -0.15) is 0 Å². The maximum atomic E-state index is 10.9. The summed E-state index contributed by atoms with van der Waals surface area (Å²) in [5, 5.41) is 9.01. The van der Waals surface area contributed by atoms with E-state index >= 15 is 0 Å². The van der Waals surface area contributed by atoms with E-state index in [1.54, 1.807) is 0 Å². The predicted octanol–water partition coefficient (Wildman–Crippen LogP) is 3.52. The molecule has 2 heterocycles. The Morgan fingerprint density at radius 1 is 1.14 bits per heavy atom. The van der Waals surface area contributed by atoms with Gasteiger partial charge in [0.15, 0.2) is 0 Å². The highest BCUT2D eigenvalue weighted by molar-refractivity contribution is 5.67. The summed E-state index contributed by atoms with van der Waals surface area (Å²) in [5.41, 5.74) is 4.07. The van der Waals surface area contributed by atoms with Crippen LogP contribution in [-0.4, -0.2) is 28.1 Å². The van der Waals surface area contributed by atoms with E-state index in [-0.39, 0.29) is 0 Å². The number of carboxylic acids is 1. The molecule has 2 fully saturated rings. The van der Waals surface area contributed by atoms with Gasteiger partial charge in [-0.3, -0.25) is 9.69 Å². The summed E-state index contributed by atoms with van der Waals surface area (Å²) >= 11 is 0. The Hall–Kier alpha value is -1.35. The number of fused-ring (bicyclic) bond motifs is 2. The Bertz CT molecular complexity index is 506. The van der Waals surface area contributed by atoms with Crippen LogP contribution >= 0.6 is 0 Å². The summed E-state index contributed by atoms with van der Waals surface area (Å²) in [6.45, 7) is 5.34. The lowest BCUT2D eigenvalue weighted by atomic mass is 9.88. The van der Waals surface area contributed by atoms with Crippen molar-refractivity contribution < 1.29 is 9.90 Å². The normalized spacial score (nSPS) is 28.8. The van der Waals surface area contributed by atoms with E-state index in [0.29, 0.717) is 24.4 Å². The van der Waals surface area contributed by atoms with Crippen molar-refractivity contribution in [1.82, 2.24) is 4.90 Å². The van der Waals surface area contributed by atoms with Gasteiger partial charge in [0.05, 0.1) is 0 Å². The maximum Gasteiger partial charge on any atom is 0.303 e. The van der Waals surface area contributed by atoms with Crippen molar-refractivity contribution >= 4 is 5.97 Å². The van der Waals surface area contributed by atoms with Crippen LogP contribution in [0, 0.1) is 19.8 Å². The first-order valence-electron chi connectivity index (χ1n) is 8.06. The van der Waals surface area contributed by atoms with Crippen LogP contribution in [0.4, 0.5) is 0 Å². The van der Waals surface area contributed by atoms with Crippen LogP contribution in [0.1, 0.15) is 48.8 Å². The van der Waals surface area contributed by atoms with E-state index in [9.17, 15) is 4.79 Å². The molecule has 2 saturated heterocycles. The number of aliphatic carboxylic acids is 1. The molecule has 0 aliphatic carbocycles. The number of rotatable bonds is 4. The quantitative estimate of drug-likeness (QED) is 0.921. The smallest absolute Gasteiger partial charge is 0.303 e. The van der Waals surface area contributed by atoms with Crippen LogP contribution in [0.25, 0.3) is 0 Å². The monoisotopic (exact) mass is 287 g/mol. The highest BCUT2D eigenvalue weighted by Gasteiger charge is 2.40. The fourth-order valence-corrected chi connectivity index (χ4v) is 4.43. The third-order valence-corrected chi connectivity index (χ3v) is 5.09. The van der Waals surface area contributed by atoms with Crippen molar-refractivity contribution in [3.05, 3.63) is 34.9 Å². The van der Waals surface area contributed by atoms with Gasteiger partial charge in [-0.1, -0.05) is 29.3 Å². The Labute approximate surface area is 127 Å². The molecular weight excluding hydrogens is 262 g/mol. The minimum absolute atomic E-state index is 0.352. The molecule has 2 bridgehead atoms. The predicted molar refractivity (Wildman–Crippen MR) is 83.2 cm³/mol. The number of carbonyl (C=O) groups is 1. The second kappa shape index (κ2) is 5.80. The second-order valence-electron chi connectivity index (χ2n) is 6.99. The molecule has 0 saturated carbocycles. The summed E-state index contributed by atoms with van der Waals surface area (Å²) in [6.07, 6.45) is 4.96. The molecule has 0 radical (unpaired) electrons. The zero-order chi connectivity index (χ0) is 15.0. The van der Waals surface area contributed by atoms with Gasteiger partial charge >= 0.3 is 5.97 Å². The van der Waals surface area contributed by atoms with Crippen molar-refractivity contribution in [2.45, 2.75) is 64.6 Å². The molecule has 114 valence electrons. The lowest BCUT2D eigenvalue weighted by Crippen LogP contribution is -2.42. The summed E-state index contributed by atoms with van der Waals surface area (Å²) in [6, 6.07) is 7.98. The summed E-state index contributed by atoms with van der Waals surface area (Å²) in [4.78, 5) is 13.6. The first-order valence-corrected chi connectivity index (χ1v) is 8.06. The van der Waals surface area contributed by atoms with Gasteiger partial charge in [-0.15, -0.1) is 0 Å². The van der Waals surface area contributed by atoms with Gasteiger partial charge in [-0.05, 0) is 51.0 Å². The fraction of sp³-hybridized carbons (Fsp3) is 0.611. The fourth-order valence-electron chi connectivity index (χ4n) is 4.43. The third kappa shape index (κ3) is 3.29. The van der Waals surface area contributed by atoms with Crippen LogP contribution in [0.2, 0.25) is 0 Å². The lowest BCUT2D eigenvalue weighted by Gasteiger charge is -2.38. The first kappa shape index (κ1) is 14.6. The van der Waals surface area contributed by atoms with Crippen LogP contribution in [0.5, 0.6) is 0 Å². The summed E-state index contributed by atoms with van der Waals surface area (Å²) in [5.74, 6) is -0.252. The van der Waals surface area contributed by atoms with Crippen LogP contribution in [0.3, 0.4) is 0 Å². The maximum absolute atomic E-state index is 10.9. The Balaban J connectivity index is 1.69. The molecule has 1 N–H and O–H groups in total. The molecule has 0 spiro atoms. The molecule has 3 rings (SSSR count). The molecule has 1 aromatic carbocycles. The number of piperidine rings is 1. The van der Waals surface area contributed by atoms with E-state index < -0.39 is 5.97 Å². The molecule has 21 heavy (non-hydrogen) atoms. The average Bonchev–Trinajstić information content (AvgIpc) is 2.61. The van der Waals surface area contributed by atoms with E-state index in [2.05, 4.69) is 36.9 Å². The number of benzene rings is 1. The highest BCUT2D eigenvalue weighted by Crippen LogP contribution is 2.40. The Morgan fingerprint density at radius 2 is 1.71 bits per heavy atom. The minimum atomic E-state index is -0.637. The van der Waals surface area contributed by atoms with Crippen molar-refractivity contribution in [1.29, 1.82) is 0 Å². The molecule has 2 atom stereocenters. The topological polar surface area (TPSA) is 40.5 Å². The van der Waals surface area contributed by atoms with E-state index in [0.717, 1.165) is 19.4 Å². The third-order valence-electron chi connectivity index (χ3n) is 5.09. The van der Waals surface area contributed by atoms with Crippen LogP contribution < -0.4 is 0 Å². The van der Waals surface area contributed by atoms with E-state index in [1.165, 1.54) is 29.5 Å². The molecule has 2 unspecified atom stereocenters. The zero-order valence-corrected chi connectivity index (χ0v) is 13.0. The van der Waals surface area contributed by atoms with Gasteiger partial charge in [0, 0.05) is 25.0 Å². The molecule has 1 aromatic rings. The molecule has 2 aliphatic rings. The standard InChI is InChI=1S/C18H25NO2/c1-12-5-13(2)7-15(6-12)11-19-16-3-4-17(19)9-14(8-16)10-18(20)21/h5-7,14,16-17H,3-4,8-11H2,1-2H3,(H,20,21). The number of nitrogens with zero attached hydrogens (tertiary/aromatic N) is 1. The van der Waals surface area contributed by atoms with Crippen molar-refractivity contribution in [3.63, 3.8) is 0 Å². The summed E-state index contributed by atoms with van der Waals surface area (Å²) in [7, 11) is 0. The average molecular weight is 287 g/mol. The van der Waals surface area contributed by atoms with E-state index in [4.69, 9.17) is 5.11 Å². The molecule has 3 nitrogen and oxygen atoms in total. The number of hydrogen-bond donors (Lipinski definition) is 1. The minimum Gasteiger partial charge on any atom is -0.481 e. The SMILES string of the molecule is Cc1cc(C)cc(CN2C3CCC2CC(CC(=O)O)C3)c1. The van der Waals surface area contributed by atoms with E-state index in [1.807, 2.05) is 0 Å². The lowest BCUT2D eigenvalue weighted by molar-refractivity contribution is -0.138. The second-order valence-corrected chi connectivity index (χ2v) is 6.99. The van der Waals surface area contributed by atoms with Gasteiger partial charge in [0.2, 0.25) is 0 Å². The molecule has 2 aliphatic heterocycles. The van der Waals surface area contributed by atoms with Gasteiger partial charge in [0.25, 0.3) is 0 Å².